The molecule has 78 valence electrons. The van der Waals surface area contributed by atoms with Crippen LogP contribution in [0, 0.1) is 11.8 Å². The Bertz CT molecular complexity index is 233. The van der Waals surface area contributed by atoms with Gasteiger partial charge in [-0.1, -0.05) is 11.8 Å². The van der Waals surface area contributed by atoms with E-state index in [2.05, 4.69) is 16.7 Å². The number of carbonyl (C=O) groups is 1. The Hall–Kier alpha value is -1.01. The minimum Gasteiger partial charge on any atom is -0.465 e. The Morgan fingerprint density at radius 1 is 1.36 bits per heavy atom. The number of ether oxygens (including phenoxy) is 1. The lowest BCUT2D eigenvalue weighted by molar-refractivity contribution is -0.140. The third-order valence-corrected chi connectivity index (χ3v) is 2.16. The molecule has 14 heavy (non-hydrogen) atoms. The molecule has 0 aromatic carbocycles. The van der Waals surface area contributed by atoms with Gasteiger partial charge in [0.25, 0.3) is 0 Å². The second-order valence-corrected chi connectivity index (χ2v) is 3.43. The van der Waals surface area contributed by atoms with E-state index in [-0.39, 0.29) is 5.97 Å². The van der Waals surface area contributed by atoms with Crippen molar-refractivity contribution in [1.29, 1.82) is 0 Å². The van der Waals surface area contributed by atoms with E-state index in [0.717, 1.165) is 6.54 Å². The molecule has 3 nitrogen and oxygen atoms in total. The van der Waals surface area contributed by atoms with Gasteiger partial charge in [-0.3, -0.25) is 9.69 Å². The summed E-state index contributed by atoms with van der Waals surface area (Å²) in [5, 5.41) is 0. The zero-order valence-corrected chi connectivity index (χ0v) is 8.71. The van der Waals surface area contributed by atoms with Gasteiger partial charge in [0, 0.05) is 13.3 Å². The molecule has 0 N–H and O–H groups in total. The summed E-state index contributed by atoms with van der Waals surface area (Å²) in [5.74, 6) is 5.85. The topological polar surface area (TPSA) is 29.5 Å². The normalized spacial score (nSPS) is 16.1. The smallest absolute Gasteiger partial charge is 0.302 e. The van der Waals surface area contributed by atoms with Crippen LogP contribution in [0.25, 0.3) is 0 Å². The number of rotatable bonds is 3. The first-order valence-electron chi connectivity index (χ1n) is 5.10. The lowest BCUT2D eigenvalue weighted by Crippen LogP contribution is -2.18. The standard InChI is InChI=1S/C11H17NO2/c1-11(13)14-10-6-2-3-7-12-8-4-5-9-12/h4-10H2,1H3. The van der Waals surface area contributed by atoms with Crippen LogP contribution in [0.5, 0.6) is 0 Å². The van der Waals surface area contributed by atoms with Crippen molar-refractivity contribution in [1.82, 2.24) is 4.90 Å². The van der Waals surface area contributed by atoms with Crippen molar-refractivity contribution in [2.24, 2.45) is 0 Å². The van der Waals surface area contributed by atoms with Crippen LogP contribution >= 0.6 is 0 Å². The van der Waals surface area contributed by atoms with Crippen molar-refractivity contribution < 1.29 is 9.53 Å². The summed E-state index contributed by atoms with van der Waals surface area (Å²) in [6, 6.07) is 0. The van der Waals surface area contributed by atoms with E-state index < -0.39 is 0 Å². The molecule has 0 amide bonds. The van der Waals surface area contributed by atoms with Gasteiger partial charge >= 0.3 is 5.97 Å². The Balaban J connectivity index is 1.99. The van der Waals surface area contributed by atoms with Gasteiger partial charge in [-0.25, -0.2) is 0 Å². The van der Waals surface area contributed by atoms with E-state index >= 15 is 0 Å². The van der Waals surface area contributed by atoms with Crippen LogP contribution < -0.4 is 0 Å². The summed E-state index contributed by atoms with van der Waals surface area (Å²) in [5.41, 5.74) is 0. The molecule has 0 radical (unpaired) electrons. The Morgan fingerprint density at radius 3 is 2.71 bits per heavy atom. The highest BCUT2D eigenvalue weighted by atomic mass is 16.5. The minimum absolute atomic E-state index is 0.230. The summed E-state index contributed by atoms with van der Waals surface area (Å²) in [7, 11) is 0. The second kappa shape index (κ2) is 6.44. The molecular formula is C11H17NO2. The molecule has 1 aliphatic rings. The van der Waals surface area contributed by atoms with Gasteiger partial charge in [0.15, 0.2) is 0 Å². The van der Waals surface area contributed by atoms with Crippen molar-refractivity contribution in [3.63, 3.8) is 0 Å². The van der Waals surface area contributed by atoms with Crippen LogP contribution in [0.3, 0.4) is 0 Å². The fraction of sp³-hybridized carbons (Fsp3) is 0.727. The van der Waals surface area contributed by atoms with E-state index in [1.807, 2.05) is 0 Å². The highest BCUT2D eigenvalue weighted by Gasteiger charge is 2.08. The largest absolute Gasteiger partial charge is 0.465 e. The zero-order valence-electron chi connectivity index (χ0n) is 8.71. The monoisotopic (exact) mass is 195 g/mol. The van der Waals surface area contributed by atoms with Crippen molar-refractivity contribution in [2.45, 2.75) is 26.2 Å². The maximum atomic E-state index is 10.4. The molecule has 0 aliphatic carbocycles. The molecule has 0 aromatic rings. The fourth-order valence-corrected chi connectivity index (χ4v) is 1.44. The van der Waals surface area contributed by atoms with Gasteiger partial charge in [0.05, 0.1) is 6.54 Å². The SMILES string of the molecule is CC(=O)OCCC#CCN1CCCC1. The van der Waals surface area contributed by atoms with Gasteiger partial charge in [0.2, 0.25) is 0 Å². The third kappa shape index (κ3) is 4.88. The average Bonchev–Trinajstić information content (AvgIpc) is 2.63. The van der Waals surface area contributed by atoms with Crippen LogP contribution in [-0.4, -0.2) is 37.1 Å². The maximum absolute atomic E-state index is 10.4. The van der Waals surface area contributed by atoms with Crippen LogP contribution in [0.4, 0.5) is 0 Å². The first-order valence-corrected chi connectivity index (χ1v) is 5.10. The zero-order chi connectivity index (χ0) is 10.2. The molecule has 1 fully saturated rings. The summed E-state index contributed by atoms with van der Waals surface area (Å²) in [6.45, 7) is 5.05. The van der Waals surface area contributed by atoms with Crippen molar-refractivity contribution in [2.75, 3.05) is 26.2 Å². The Morgan fingerprint density at radius 2 is 2.07 bits per heavy atom. The van der Waals surface area contributed by atoms with Gasteiger partial charge < -0.3 is 4.74 Å². The Labute approximate surface area is 85.4 Å². The minimum atomic E-state index is -0.230. The van der Waals surface area contributed by atoms with Gasteiger partial charge in [-0.15, -0.1) is 0 Å². The molecule has 0 saturated carbocycles. The molecule has 1 rings (SSSR count). The number of carbonyl (C=O) groups excluding carboxylic acids is 1. The second-order valence-electron chi connectivity index (χ2n) is 3.43. The molecule has 3 heteroatoms. The molecule has 0 bridgehead atoms. The Kier molecular flexibility index (Phi) is 5.09. The molecule has 0 spiro atoms. The lowest BCUT2D eigenvalue weighted by Gasteiger charge is -2.08. The molecular weight excluding hydrogens is 178 g/mol. The number of hydrogen-bond acceptors (Lipinski definition) is 3. The number of nitrogens with zero attached hydrogens (tertiary/aromatic N) is 1. The highest BCUT2D eigenvalue weighted by molar-refractivity contribution is 5.65. The summed E-state index contributed by atoms with van der Waals surface area (Å²) >= 11 is 0. The summed E-state index contributed by atoms with van der Waals surface area (Å²) < 4.78 is 4.76. The van der Waals surface area contributed by atoms with E-state index in [9.17, 15) is 4.79 Å². The predicted octanol–water partition coefficient (Wildman–Crippen LogP) is 1.04. The number of esters is 1. The molecule has 1 aliphatic heterocycles. The van der Waals surface area contributed by atoms with Crippen molar-refractivity contribution in [3.05, 3.63) is 0 Å². The summed E-state index contributed by atoms with van der Waals surface area (Å²) in [6.07, 6.45) is 3.25. The van der Waals surface area contributed by atoms with Crippen LogP contribution in [0.2, 0.25) is 0 Å². The van der Waals surface area contributed by atoms with E-state index in [1.54, 1.807) is 0 Å². The van der Waals surface area contributed by atoms with Crippen molar-refractivity contribution >= 4 is 5.97 Å². The predicted molar refractivity (Wildman–Crippen MR) is 54.7 cm³/mol. The third-order valence-electron chi connectivity index (χ3n) is 2.16. The fourth-order valence-electron chi connectivity index (χ4n) is 1.44. The molecule has 1 heterocycles. The van der Waals surface area contributed by atoms with Crippen LogP contribution in [0.1, 0.15) is 26.2 Å². The van der Waals surface area contributed by atoms with Crippen molar-refractivity contribution in [3.8, 4) is 11.8 Å². The van der Waals surface area contributed by atoms with E-state index in [4.69, 9.17) is 4.74 Å². The number of hydrogen-bond donors (Lipinski definition) is 0. The highest BCUT2D eigenvalue weighted by Crippen LogP contribution is 2.05. The first kappa shape index (κ1) is 11.1. The molecule has 0 unspecified atom stereocenters. The molecule has 1 saturated heterocycles. The van der Waals surface area contributed by atoms with Gasteiger partial charge in [0.1, 0.15) is 6.61 Å². The van der Waals surface area contributed by atoms with E-state index in [0.29, 0.717) is 13.0 Å². The van der Waals surface area contributed by atoms with Gasteiger partial charge in [-0.05, 0) is 25.9 Å². The summed E-state index contributed by atoms with van der Waals surface area (Å²) in [4.78, 5) is 12.8. The quantitative estimate of drug-likeness (QED) is 0.383. The van der Waals surface area contributed by atoms with E-state index in [1.165, 1.54) is 32.9 Å². The van der Waals surface area contributed by atoms with Gasteiger partial charge in [-0.2, -0.15) is 0 Å². The number of likely N-dealkylation sites (tertiary alicyclic amines) is 1. The molecule has 0 atom stereocenters. The van der Waals surface area contributed by atoms with Crippen LogP contribution in [0.15, 0.2) is 0 Å². The lowest BCUT2D eigenvalue weighted by atomic mass is 10.4. The average molecular weight is 195 g/mol. The maximum Gasteiger partial charge on any atom is 0.302 e. The van der Waals surface area contributed by atoms with Crippen LogP contribution in [-0.2, 0) is 9.53 Å². The molecule has 0 aromatic heterocycles. The first-order chi connectivity index (χ1) is 6.79.